The van der Waals surface area contributed by atoms with E-state index in [4.69, 9.17) is 4.74 Å². The van der Waals surface area contributed by atoms with Crippen LogP contribution in [0.5, 0.6) is 5.75 Å². The van der Waals surface area contributed by atoms with E-state index in [1.54, 1.807) is 23.7 Å². The van der Waals surface area contributed by atoms with Crippen LogP contribution in [0.1, 0.15) is 17.4 Å². The Morgan fingerprint density at radius 1 is 1.16 bits per heavy atom. The zero-order valence-corrected chi connectivity index (χ0v) is 17.2. The lowest BCUT2D eigenvalue weighted by Gasteiger charge is -2.05. The number of imidazole rings is 1. The monoisotopic (exact) mass is 435 g/mol. The molecule has 31 heavy (non-hydrogen) atoms. The van der Waals surface area contributed by atoms with Crippen LogP contribution in [0.3, 0.4) is 0 Å². The van der Waals surface area contributed by atoms with E-state index in [1.165, 1.54) is 23.5 Å². The number of thiazole rings is 1. The molecule has 1 amide bonds. The zero-order valence-electron chi connectivity index (χ0n) is 16.4. The maximum Gasteiger partial charge on any atom is 0.278 e. The average Bonchev–Trinajstić information content (AvgIpc) is 3.45. The highest BCUT2D eigenvalue weighted by atomic mass is 32.1. The molecule has 0 bridgehead atoms. The predicted molar refractivity (Wildman–Crippen MR) is 117 cm³/mol. The number of non-ortho nitro benzene ring substituents is 1. The smallest absolute Gasteiger partial charge is 0.278 e. The number of carbonyl (C=O) groups excluding carboxylic acids is 1. The Labute approximate surface area is 180 Å². The minimum absolute atomic E-state index is 0.0243. The Morgan fingerprint density at radius 3 is 2.48 bits per heavy atom. The fourth-order valence-electron chi connectivity index (χ4n) is 2.95. The van der Waals surface area contributed by atoms with Crippen LogP contribution in [0, 0.1) is 10.1 Å². The maximum atomic E-state index is 12.9. The Kier molecular flexibility index (Phi) is 5.72. The van der Waals surface area contributed by atoms with E-state index in [-0.39, 0.29) is 11.4 Å². The number of nitrogens with zero attached hydrogens (tertiary/aromatic N) is 3. The molecule has 0 aliphatic rings. The number of aromatic nitrogens is 3. The van der Waals surface area contributed by atoms with Crippen molar-refractivity contribution in [2.45, 2.75) is 6.92 Å². The molecule has 2 aromatic heterocycles. The van der Waals surface area contributed by atoms with Crippen LogP contribution in [-0.2, 0) is 0 Å². The van der Waals surface area contributed by atoms with Gasteiger partial charge in [0.1, 0.15) is 11.6 Å². The summed E-state index contributed by atoms with van der Waals surface area (Å²) in [5.74, 6) is 0.724. The summed E-state index contributed by atoms with van der Waals surface area (Å²) in [4.78, 5) is 35.1. The molecule has 0 saturated heterocycles. The zero-order chi connectivity index (χ0) is 21.8. The van der Waals surface area contributed by atoms with Crippen molar-refractivity contribution >= 4 is 28.1 Å². The summed E-state index contributed by atoms with van der Waals surface area (Å²) >= 11 is 1.30. The normalized spacial score (nSPS) is 10.6. The number of rotatable bonds is 7. The lowest BCUT2D eigenvalue weighted by Crippen LogP contribution is -2.13. The number of hydrogen-bond donors (Lipinski definition) is 2. The van der Waals surface area contributed by atoms with Crippen molar-refractivity contribution in [1.82, 2.24) is 15.0 Å². The van der Waals surface area contributed by atoms with E-state index in [2.05, 4.69) is 20.3 Å². The molecule has 156 valence electrons. The van der Waals surface area contributed by atoms with Crippen LogP contribution in [0.25, 0.3) is 22.6 Å². The van der Waals surface area contributed by atoms with Gasteiger partial charge in [-0.25, -0.2) is 9.97 Å². The first-order valence-electron chi connectivity index (χ1n) is 9.34. The molecule has 4 rings (SSSR count). The van der Waals surface area contributed by atoms with Crippen molar-refractivity contribution in [2.24, 2.45) is 0 Å². The van der Waals surface area contributed by atoms with E-state index in [0.717, 1.165) is 11.3 Å². The largest absolute Gasteiger partial charge is 0.494 e. The third-order valence-electron chi connectivity index (χ3n) is 4.38. The van der Waals surface area contributed by atoms with Gasteiger partial charge in [0.15, 0.2) is 10.8 Å². The number of carbonyl (C=O) groups is 1. The van der Waals surface area contributed by atoms with Gasteiger partial charge in [-0.05, 0) is 43.3 Å². The summed E-state index contributed by atoms with van der Waals surface area (Å²) < 4.78 is 5.48. The maximum absolute atomic E-state index is 12.9. The Morgan fingerprint density at radius 2 is 1.87 bits per heavy atom. The third kappa shape index (κ3) is 4.43. The van der Waals surface area contributed by atoms with Crippen LogP contribution in [-0.4, -0.2) is 32.4 Å². The van der Waals surface area contributed by atoms with Gasteiger partial charge < -0.3 is 9.72 Å². The van der Waals surface area contributed by atoms with E-state index in [0.29, 0.717) is 28.8 Å². The highest BCUT2D eigenvalue weighted by Crippen LogP contribution is 2.29. The number of aromatic amines is 1. The van der Waals surface area contributed by atoms with Gasteiger partial charge in [0, 0.05) is 34.8 Å². The van der Waals surface area contributed by atoms with Gasteiger partial charge in [0.25, 0.3) is 11.6 Å². The molecule has 10 heteroatoms. The van der Waals surface area contributed by atoms with Gasteiger partial charge in [-0.3, -0.25) is 20.2 Å². The summed E-state index contributed by atoms with van der Waals surface area (Å²) in [7, 11) is 0. The molecule has 0 unspecified atom stereocenters. The minimum atomic E-state index is -0.468. The molecule has 4 aromatic rings. The quantitative estimate of drug-likeness (QED) is 0.319. The van der Waals surface area contributed by atoms with E-state index < -0.39 is 10.8 Å². The number of nitro benzene ring substituents is 1. The molecule has 9 nitrogen and oxygen atoms in total. The molecular weight excluding hydrogens is 418 g/mol. The van der Waals surface area contributed by atoms with Gasteiger partial charge in [-0.2, -0.15) is 0 Å². The SMILES string of the molecule is CCOc1ccc(-c2[nH]c(-c3ccc([N+](=O)[O-])cc3)nc2C(=O)Nc2nccs2)cc1. The standard InChI is InChI=1S/C21H17N5O4S/c1-2-30-16-9-5-13(6-10-16)17-18(20(27)25-21-22-11-12-31-21)24-19(23-17)14-3-7-15(8-4-14)26(28)29/h3-12H,2H2,1H3,(H,23,24)(H,22,25,27). The van der Waals surface area contributed by atoms with Crippen molar-refractivity contribution in [1.29, 1.82) is 0 Å². The highest BCUT2D eigenvalue weighted by Gasteiger charge is 2.21. The van der Waals surface area contributed by atoms with Crippen molar-refractivity contribution in [2.75, 3.05) is 11.9 Å². The van der Waals surface area contributed by atoms with Crippen LogP contribution < -0.4 is 10.1 Å². The lowest BCUT2D eigenvalue weighted by atomic mass is 10.1. The molecule has 0 radical (unpaired) electrons. The number of anilines is 1. The number of nitro groups is 1. The van der Waals surface area contributed by atoms with Gasteiger partial charge in [0.2, 0.25) is 0 Å². The van der Waals surface area contributed by atoms with Gasteiger partial charge in [0.05, 0.1) is 17.2 Å². The molecule has 0 aliphatic carbocycles. The molecule has 0 fully saturated rings. The first-order chi connectivity index (χ1) is 15.0. The second-order valence-electron chi connectivity index (χ2n) is 6.36. The molecule has 2 heterocycles. The molecule has 0 spiro atoms. The number of H-pyrrole nitrogens is 1. The second kappa shape index (κ2) is 8.76. The third-order valence-corrected chi connectivity index (χ3v) is 5.07. The topological polar surface area (TPSA) is 123 Å². The second-order valence-corrected chi connectivity index (χ2v) is 7.26. The summed E-state index contributed by atoms with van der Waals surface area (Å²) in [6.07, 6.45) is 1.60. The summed E-state index contributed by atoms with van der Waals surface area (Å²) in [6, 6.07) is 13.2. The lowest BCUT2D eigenvalue weighted by molar-refractivity contribution is -0.384. The highest BCUT2D eigenvalue weighted by molar-refractivity contribution is 7.13. The van der Waals surface area contributed by atoms with Gasteiger partial charge >= 0.3 is 0 Å². The first-order valence-corrected chi connectivity index (χ1v) is 10.2. The molecule has 2 N–H and O–H groups in total. The van der Waals surface area contributed by atoms with Crippen LogP contribution in [0.2, 0.25) is 0 Å². The van der Waals surface area contributed by atoms with Crippen LogP contribution >= 0.6 is 11.3 Å². The number of hydrogen-bond acceptors (Lipinski definition) is 7. The van der Waals surface area contributed by atoms with E-state index in [1.807, 2.05) is 31.2 Å². The number of benzene rings is 2. The molecule has 0 aliphatic heterocycles. The van der Waals surface area contributed by atoms with Crippen molar-refractivity contribution in [3.05, 3.63) is 75.9 Å². The molecular formula is C21H17N5O4S. The Balaban J connectivity index is 1.73. The fourth-order valence-corrected chi connectivity index (χ4v) is 3.47. The molecule has 0 saturated carbocycles. The Hall–Kier alpha value is -4.05. The minimum Gasteiger partial charge on any atom is -0.494 e. The van der Waals surface area contributed by atoms with Gasteiger partial charge in [-0.15, -0.1) is 11.3 Å². The van der Waals surface area contributed by atoms with Crippen molar-refractivity contribution < 1.29 is 14.5 Å². The van der Waals surface area contributed by atoms with Crippen LogP contribution in [0.4, 0.5) is 10.8 Å². The summed E-state index contributed by atoms with van der Waals surface area (Å²) in [5.41, 5.74) is 2.04. The molecule has 2 aromatic carbocycles. The average molecular weight is 435 g/mol. The fraction of sp³-hybridized carbons (Fsp3) is 0.0952. The first kappa shape index (κ1) is 20.2. The molecule has 0 atom stereocenters. The number of ether oxygens (including phenoxy) is 1. The van der Waals surface area contributed by atoms with Gasteiger partial charge in [-0.1, -0.05) is 0 Å². The Bertz CT molecular complexity index is 1200. The van der Waals surface area contributed by atoms with E-state index in [9.17, 15) is 14.9 Å². The van der Waals surface area contributed by atoms with Crippen molar-refractivity contribution in [3.63, 3.8) is 0 Å². The predicted octanol–water partition coefficient (Wildman–Crippen LogP) is 4.76. The number of amides is 1. The van der Waals surface area contributed by atoms with Crippen LogP contribution in [0.15, 0.2) is 60.1 Å². The summed E-state index contributed by atoms with van der Waals surface area (Å²) in [6.45, 7) is 2.45. The van der Waals surface area contributed by atoms with E-state index >= 15 is 0 Å². The van der Waals surface area contributed by atoms with Crippen molar-refractivity contribution in [3.8, 4) is 28.4 Å². The summed E-state index contributed by atoms with van der Waals surface area (Å²) in [5, 5.41) is 15.9. The number of nitrogens with one attached hydrogen (secondary N) is 2.